The van der Waals surface area contributed by atoms with Crippen LogP contribution in [0.5, 0.6) is 0 Å². The summed E-state index contributed by atoms with van der Waals surface area (Å²) in [5.74, 6) is 1.68. The van der Waals surface area contributed by atoms with Crippen molar-refractivity contribution in [3.63, 3.8) is 0 Å². The molecule has 2 heterocycles. The van der Waals surface area contributed by atoms with E-state index in [0.29, 0.717) is 29.6 Å². The Labute approximate surface area is 135 Å². The first-order valence-corrected chi connectivity index (χ1v) is 8.11. The average Bonchev–Trinajstić information content (AvgIpc) is 2.94. The van der Waals surface area contributed by atoms with Crippen molar-refractivity contribution in [1.29, 1.82) is 5.26 Å². The molecule has 23 heavy (non-hydrogen) atoms. The molecular weight excluding hydrogens is 292 g/mol. The van der Waals surface area contributed by atoms with Gasteiger partial charge in [-0.05, 0) is 38.5 Å². The highest BCUT2D eigenvalue weighted by molar-refractivity contribution is 5.72. The second-order valence-electron chi connectivity index (χ2n) is 6.21. The van der Waals surface area contributed by atoms with E-state index in [1.807, 2.05) is 0 Å². The molecule has 0 bridgehead atoms. The zero-order chi connectivity index (χ0) is 16.4. The van der Waals surface area contributed by atoms with Crippen LogP contribution in [0.3, 0.4) is 0 Å². The highest BCUT2D eigenvalue weighted by atomic mass is 16.3. The van der Waals surface area contributed by atoms with E-state index in [2.05, 4.69) is 30.9 Å². The van der Waals surface area contributed by atoms with Crippen molar-refractivity contribution in [3.8, 4) is 6.07 Å². The quantitative estimate of drug-likeness (QED) is 0.899. The Morgan fingerprint density at radius 2 is 2.13 bits per heavy atom. The fraction of sp³-hybridized carbons (Fsp3) is 0.625. The van der Waals surface area contributed by atoms with E-state index in [-0.39, 0.29) is 6.04 Å². The highest BCUT2D eigenvalue weighted by Crippen LogP contribution is 2.37. The zero-order valence-electron chi connectivity index (χ0n) is 13.5. The number of hydrogen-bond acceptors (Lipinski definition) is 6. The number of nitrogens with one attached hydrogen (secondary N) is 1. The molecule has 0 radical (unpaired) electrons. The van der Waals surface area contributed by atoms with Crippen LogP contribution in [0, 0.1) is 17.2 Å². The SMILES string of the molecule is CNc1ncc2nc([C@@H](C)O)n([C@H]3CC[C@H](CC#N)CC3)c2n1. The predicted molar refractivity (Wildman–Crippen MR) is 86.7 cm³/mol. The largest absolute Gasteiger partial charge is 0.385 e. The normalized spacial score (nSPS) is 22.7. The topological polar surface area (TPSA) is 99.7 Å². The first kappa shape index (κ1) is 15.7. The second-order valence-corrected chi connectivity index (χ2v) is 6.21. The number of nitriles is 1. The molecule has 0 aliphatic heterocycles. The van der Waals surface area contributed by atoms with Gasteiger partial charge in [0.1, 0.15) is 17.4 Å². The van der Waals surface area contributed by atoms with Crippen LogP contribution in [-0.4, -0.2) is 31.7 Å². The molecule has 1 aliphatic carbocycles. The van der Waals surface area contributed by atoms with Crippen LogP contribution < -0.4 is 5.32 Å². The Morgan fingerprint density at radius 3 is 2.74 bits per heavy atom. The van der Waals surface area contributed by atoms with Gasteiger partial charge in [-0.25, -0.2) is 9.97 Å². The standard InChI is InChI=1S/C16H22N6O/c1-10(23)14-20-13-9-19-16(18-2)21-15(13)22(14)12-5-3-11(4-6-12)7-8-17/h9-12,23H,3-7H2,1-2H3,(H,18,19,21)/t10-,11-,12-/m1/s1. The summed E-state index contributed by atoms with van der Waals surface area (Å²) in [4.78, 5) is 13.3. The van der Waals surface area contributed by atoms with E-state index < -0.39 is 6.10 Å². The van der Waals surface area contributed by atoms with Crippen molar-refractivity contribution < 1.29 is 5.11 Å². The summed E-state index contributed by atoms with van der Waals surface area (Å²) < 4.78 is 2.07. The van der Waals surface area contributed by atoms with Gasteiger partial charge in [0.2, 0.25) is 5.95 Å². The summed E-state index contributed by atoms with van der Waals surface area (Å²) in [5, 5.41) is 21.9. The molecule has 1 saturated carbocycles. The lowest BCUT2D eigenvalue weighted by atomic mass is 9.84. The van der Waals surface area contributed by atoms with Crippen molar-refractivity contribution in [2.45, 2.75) is 51.2 Å². The summed E-state index contributed by atoms with van der Waals surface area (Å²) in [6.45, 7) is 1.73. The van der Waals surface area contributed by atoms with Gasteiger partial charge in [0.25, 0.3) is 0 Å². The van der Waals surface area contributed by atoms with E-state index in [1.54, 1.807) is 20.2 Å². The van der Waals surface area contributed by atoms with Crippen molar-refractivity contribution in [2.75, 3.05) is 12.4 Å². The van der Waals surface area contributed by atoms with E-state index in [0.717, 1.165) is 31.3 Å². The molecule has 0 spiro atoms. The molecule has 2 aromatic heterocycles. The minimum Gasteiger partial charge on any atom is -0.385 e. The van der Waals surface area contributed by atoms with Gasteiger partial charge in [0, 0.05) is 19.5 Å². The minimum absolute atomic E-state index is 0.263. The summed E-state index contributed by atoms with van der Waals surface area (Å²) in [6.07, 6.45) is 5.69. The third-order valence-electron chi connectivity index (χ3n) is 4.62. The Hall–Kier alpha value is -2.20. The maximum atomic E-state index is 10.1. The summed E-state index contributed by atoms with van der Waals surface area (Å²) in [5.41, 5.74) is 1.48. The first-order valence-electron chi connectivity index (χ1n) is 8.11. The molecule has 7 heteroatoms. The van der Waals surface area contributed by atoms with Gasteiger partial charge in [-0.15, -0.1) is 0 Å². The molecule has 0 amide bonds. The lowest BCUT2D eigenvalue weighted by Gasteiger charge is -2.29. The number of aromatic nitrogens is 4. The summed E-state index contributed by atoms with van der Waals surface area (Å²) in [6, 6.07) is 2.54. The van der Waals surface area contributed by atoms with Gasteiger partial charge in [-0.1, -0.05) is 0 Å². The summed E-state index contributed by atoms with van der Waals surface area (Å²) in [7, 11) is 1.78. The smallest absolute Gasteiger partial charge is 0.224 e. The van der Waals surface area contributed by atoms with Gasteiger partial charge < -0.3 is 15.0 Å². The molecule has 2 N–H and O–H groups in total. The number of hydrogen-bond donors (Lipinski definition) is 2. The van der Waals surface area contributed by atoms with Crippen molar-refractivity contribution in [1.82, 2.24) is 19.5 Å². The van der Waals surface area contributed by atoms with Gasteiger partial charge in [-0.2, -0.15) is 10.2 Å². The van der Waals surface area contributed by atoms with Crippen molar-refractivity contribution in [3.05, 3.63) is 12.0 Å². The average molecular weight is 314 g/mol. The molecule has 0 aromatic carbocycles. The van der Waals surface area contributed by atoms with Gasteiger partial charge in [0.15, 0.2) is 5.65 Å². The van der Waals surface area contributed by atoms with E-state index >= 15 is 0 Å². The van der Waals surface area contributed by atoms with Crippen LogP contribution in [0.1, 0.15) is 57.0 Å². The predicted octanol–water partition coefficient (Wildman–Crippen LogP) is 2.57. The monoisotopic (exact) mass is 314 g/mol. The van der Waals surface area contributed by atoms with Crippen LogP contribution in [0.15, 0.2) is 6.20 Å². The van der Waals surface area contributed by atoms with Gasteiger partial charge in [-0.3, -0.25) is 0 Å². The highest BCUT2D eigenvalue weighted by Gasteiger charge is 2.27. The molecule has 122 valence electrons. The maximum Gasteiger partial charge on any atom is 0.224 e. The number of aliphatic hydroxyl groups is 1. The lowest BCUT2D eigenvalue weighted by molar-refractivity contribution is 0.175. The van der Waals surface area contributed by atoms with Crippen LogP contribution in [-0.2, 0) is 0 Å². The van der Waals surface area contributed by atoms with Crippen molar-refractivity contribution >= 4 is 17.1 Å². The first-order chi connectivity index (χ1) is 11.1. The lowest BCUT2D eigenvalue weighted by Crippen LogP contribution is -2.21. The Bertz CT molecular complexity index is 724. The number of fused-ring (bicyclic) bond motifs is 1. The molecule has 1 fully saturated rings. The molecule has 3 rings (SSSR count). The van der Waals surface area contributed by atoms with Crippen LogP contribution >= 0.6 is 0 Å². The third kappa shape index (κ3) is 2.99. The molecular formula is C16H22N6O. The number of aliphatic hydroxyl groups excluding tert-OH is 1. The molecule has 0 saturated heterocycles. The van der Waals surface area contributed by atoms with E-state index in [9.17, 15) is 5.11 Å². The van der Waals surface area contributed by atoms with Crippen molar-refractivity contribution in [2.24, 2.45) is 5.92 Å². The number of imidazole rings is 1. The molecule has 1 atom stereocenters. The fourth-order valence-electron chi connectivity index (χ4n) is 3.42. The molecule has 2 aromatic rings. The number of rotatable bonds is 4. The second kappa shape index (κ2) is 6.50. The summed E-state index contributed by atoms with van der Waals surface area (Å²) >= 11 is 0. The zero-order valence-corrected chi connectivity index (χ0v) is 13.5. The van der Waals surface area contributed by atoms with Gasteiger partial charge in [0.05, 0.1) is 12.3 Å². The van der Waals surface area contributed by atoms with Crippen LogP contribution in [0.25, 0.3) is 11.2 Å². The van der Waals surface area contributed by atoms with E-state index in [4.69, 9.17) is 5.26 Å². The Morgan fingerprint density at radius 1 is 1.39 bits per heavy atom. The molecule has 7 nitrogen and oxygen atoms in total. The molecule has 0 unspecified atom stereocenters. The Balaban J connectivity index is 1.98. The van der Waals surface area contributed by atoms with Crippen LogP contribution in [0.2, 0.25) is 0 Å². The third-order valence-corrected chi connectivity index (χ3v) is 4.62. The number of nitrogens with zero attached hydrogens (tertiary/aromatic N) is 5. The number of anilines is 1. The Kier molecular flexibility index (Phi) is 4.44. The van der Waals surface area contributed by atoms with Crippen LogP contribution in [0.4, 0.5) is 5.95 Å². The maximum absolute atomic E-state index is 10.1. The van der Waals surface area contributed by atoms with E-state index in [1.165, 1.54) is 0 Å². The fourth-order valence-corrected chi connectivity index (χ4v) is 3.42. The van der Waals surface area contributed by atoms with Gasteiger partial charge >= 0.3 is 0 Å². The minimum atomic E-state index is -0.654. The molecule has 1 aliphatic rings.